The minimum absolute atomic E-state index is 0.0557. The second-order valence-electron chi connectivity index (χ2n) is 6.16. The van der Waals surface area contributed by atoms with Gasteiger partial charge in [-0.05, 0) is 29.8 Å². The molecule has 0 spiro atoms. The van der Waals surface area contributed by atoms with Crippen LogP contribution in [0.1, 0.15) is 53.3 Å². The van der Waals surface area contributed by atoms with Crippen molar-refractivity contribution < 1.29 is 18.7 Å². The number of benzene rings is 1. The summed E-state index contributed by atoms with van der Waals surface area (Å²) in [5.41, 5.74) is 0.861. The minimum atomic E-state index is -0.497. The van der Waals surface area contributed by atoms with E-state index in [0.717, 1.165) is 11.6 Å². The fraction of sp³-hybridized carbons (Fsp3) is 0.211. The minimum Gasteiger partial charge on any atom is -0.504 e. The van der Waals surface area contributed by atoms with E-state index in [2.05, 4.69) is 15.2 Å². The fourth-order valence-corrected chi connectivity index (χ4v) is 2.32. The molecule has 0 aliphatic rings. The number of ketones is 1. The van der Waals surface area contributed by atoms with Gasteiger partial charge in [0, 0.05) is 18.4 Å². The highest BCUT2D eigenvalue weighted by molar-refractivity contribution is 6.05. The van der Waals surface area contributed by atoms with Crippen LogP contribution in [0.2, 0.25) is 0 Å². The molecule has 0 bridgehead atoms. The number of nitrogens with one attached hydrogen (secondary N) is 1. The number of rotatable bonds is 6. The molecule has 0 fully saturated rings. The quantitative estimate of drug-likeness (QED) is 0.396. The molecule has 0 atom stereocenters. The highest BCUT2D eigenvalue weighted by Gasteiger charge is 2.15. The zero-order valence-corrected chi connectivity index (χ0v) is 14.4. The van der Waals surface area contributed by atoms with E-state index in [0.29, 0.717) is 18.0 Å². The van der Waals surface area contributed by atoms with Gasteiger partial charge in [-0.3, -0.25) is 9.89 Å². The van der Waals surface area contributed by atoms with E-state index < -0.39 is 5.78 Å². The van der Waals surface area contributed by atoms with Gasteiger partial charge in [0.25, 0.3) is 0 Å². The van der Waals surface area contributed by atoms with Gasteiger partial charge in [0.1, 0.15) is 17.4 Å². The van der Waals surface area contributed by atoms with Crippen LogP contribution in [0.15, 0.2) is 46.9 Å². The highest BCUT2D eigenvalue weighted by Crippen LogP contribution is 2.17. The molecule has 26 heavy (non-hydrogen) atoms. The molecule has 3 rings (SSSR count). The first-order valence-electron chi connectivity index (χ1n) is 8.13. The number of hydrogen-bond acceptors (Lipinski definition) is 5. The molecule has 2 aromatic heterocycles. The Morgan fingerprint density at radius 1 is 1.27 bits per heavy atom. The zero-order valence-electron chi connectivity index (χ0n) is 14.4. The summed E-state index contributed by atoms with van der Waals surface area (Å²) in [6.07, 6.45) is 1.45. The monoisotopic (exact) mass is 355 g/mol. The lowest BCUT2D eigenvalue weighted by molar-refractivity contribution is 0.101. The smallest absolute Gasteiger partial charge is 0.224 e. The number of allylic oxidation sites excluding steroid dienone is 1. The van der Waals surface area contributed by atoms with Gasteiger partial charge in [-0.15, -0.1) is 0 Å². The summed E-state index contributed by atoms with van der Waals surface area (Å²) < 4.78 is 18.4. The second kappa shape index (κ2) is 7.35. The van der Waals surface area contributed by atoms with Gasteiger partial charge in [0.15, 0.2) is 11.5 Å². The van der Waals surface area contributed by atoms with Crippen LogP contribution in [0.5, 0.6) is 0 Å². The number of aliphatic hydroxyl groups excluding tert-OH is 1. The Morgan fingerprint density at radius 3 is 2.65 bits per heavy atom. The molecule has 7 heteroatoms. The van der Waals surface area contributed by atoms with E-state index in [9.17, 15) is 14.3 Å². The van der Waals surface area contributed by atoms with Crippen LogP contribution in [0.3, 0.4) is 0 Å². The maximum absolute atomic E-state index is 12.9. The predicted molar refractivity (Wildman–Crippen MR) is 93.3 cm³/mol. The summed E-state index contributed by atoms with van der Waals surface area (Å²) in [4.78, 5) is 16.4. The zero-order chi connectivity index (χ0) is 18.7. The van der Waals surface area contributed by atoms with Crippen LogP contribution < -0.4 is 0 Å². The highest BCUT2D eigenvalue weighted by atomic mass is 19.1. The molecule has 2 N–H and O–H groups in total. The van der Waals surface area contributed by atoms with Crippen LogP contribution in [0.25, 0.3) is 5.76 Å². The maximum Gasteiger partial charge on any atom is 0.224 e. The third kappa shape index (κ3) is 4.05. The molecule has 3 aromatic rings. The molecule has 134 valence electrons. The van der Waals surface area contributed by atoms with Crippen LogP contribution in [0.4, 0.5) is 4.39 Å². The predicted octanol–water partition coefficient (Wildman–Crippen LogP) is 4.03. The summed E-state index contributed by atoms with van der Waals surface area (Å²) in [5.74, 6) is 0.308. The van der Waals surface area contributed by atoms with Crippen molar-refractivity contribution >= 4 is 11.5 Å². The number of furan rings is 1. The molecule has 6 nitrogen and oxygen atoms in total. The number of aliphatic hydroxyl groups is 1. The van der Waals surface area contributed by atoms with Gasteiger partial charge in [0.05, 0.1) is 0 Å². The first-order valence-corrected chi connectivity index (χ1v) is 8.13. The third-order valence-corrected chi connectivity index (χ3v) is 3.74. The normalized spacial score (nSPS) is 11.9. The number of H-pyrrole nitrogens is 1. The van der Waals surface area contributed by atoms with E-state index in [1.165, 1.54) is 18.2 Å². The lowest BCUT2D eigenvalue weighted by Crippen LogP contribution is -1.96. The van der Waals surface area contributed by atoms with Crippen LogP contribution in [-0.2, 0) is 6.42 Å². The SMILES string of the molecule is CC(C)c1nc(C(O)=CC(=O)c2ccc(Cc3ccc(F)cc3)o2)n[nH]1. The van der Waals surface area contributed by atoms with Crippen molar-refractivity contribution in [1.29, 1.82) is 0 Å². The summed E-state index contributed by atoms with van der Waals surface area (Å²) in [7, 11) is 0. The van der Waals surface area contributed by atoms with Crippen LogP contribution in [-0.4, -0.2) is 26.1 Å². The number of carbonyl (C=O) groups is 1. The van der Waals surface area contributed by atoms with Gasteiger partial charge in [-0.2, -0.15) is 5.10 Å². The molecule has 0 saturated heterocycles. The van der Waals surface area contributed by atoms with E-state index in [1.807, 2.05) is 13.8 Å². The number of aromatic amines is 1. The summed E-state index contributed by atoms with van der Waals surface area (Å²) in [6, 6.07) is 9.25. The van der Waals surface area contributed by atoms with Gasteiger partial charge >= 0.3 is 0 Å². The summed E-state index contributed by atoms with van der Waals surface area (Å²) >= 11 is 0. The largest absolute Gasteiger partial charge is 0.504 e. The van der Waals surface area contributed by atoms with Gasteiger partial charge in [-0.1, -0.05) is 26.0 Å². The lowest BCUT2D eigenvalue weighted by atomic mass is 10.1. The standard InChI is InChI=1S/C19H18FN3O3/c1-11(2)18-21-19(23-22-18)16(25)10-15(24)17-8-7-14(26-17)9-12-3-5-13(20)6-4-12/h3-8,10-11,25H,9H2,1-2H3,(H,21,22,23). The Kier molecular flexibility index (Phi) is 4.97. The van der Waals surface area contributed by atoms with Crippen molar-refractivity contribution in [1.82, 2.24) is 15.2 Å². The Hall–Kier alpha value is -3.22. The van der Waals surface area contributed by atoms with Crippen LogP contribution in [0, 0.1) is 5.82 Å². The molecule has 0 unspecified atom stereocenters. The molecule has 0 aliphatic carbocycles. The maximum atomic E-state index is 12.9. The fourth-order valence-electron chi connectivity index (χ4n) is 2.32. The number of halogens is 1. The van der Waals surface area contributed by atoms with E-state index in [4.69, 9.17) is 4.42 Å². The van der Waals surface area contributed by atoms with Gasteiger partial charge < -0.3 is 9.52 Å². The number of aromatic nitrogens is 3. The molecular formula is C19H18FN3O3. The van der Waals surface area contributed by atoms with Crippen molar-refractivity contribution in [2.24, 2.45) is 0 Å². The first kappa shape index (κ1) is 17.6. The van der Waals surface area contributed by atoms with Crippen molar-refractivity contribution in [2.75, 3.05) is 0 Å². The van der Waals surface area contributed by atoms with E-state index >= 15 is 0 Å². The van der Waals surface area contributed by atoms with Crippen molar-refractivity contribution in [3.8, 4) is 0 Å². The Bertz CT molecular complexity index is 939. The van der Waals surface area contributed by atoms with Crippen molar-refractivity contribution in [3.63, 3.8) is 0 Å². The van der Waals surface area contributed by atoms with Gasteiger partial charge in [0.2, 0.25) is 11.6 Å². The van der Waals surface area contributed by atoms with Crippen molar-refractivity contribution in [3.05, 3.63) is 77.0 Å². The number of hydrogen-bond donors (Lipinski definition) is 2. The molecule has 0 aliphatic heterocycles. The first-order chi connectivity index (χ1) is 12.4. The Morgan fingerprint density at radius 2 is 2.00 bits per heavy atom. The molecule has 0 amide bonds. The molecule has 0 radical (unpaired) electrons. The van der Waals surface area contributed by atoms with Gasteiger partial charge in [-0.25, -0.2) is 9.37 Å². The summed E-state index contributed by atoms with van der Waals surface area (Å²) in [5, 5.41) is 16.6. The average molecular weight is 355 g/mol. The van der Waals surface area contributed by atoms with E-state index in [-0.39, 0.29) is 29.1 Å². The van der Waals surface area contributed by atoms with E-state index in [1.54, 1.807) is 18.2 Å². The molecule has 1 aromatic carbocycles. The Labute approximate surface area is 149 Å². The lowest BCUT2D eigenvalue weighted by Gasteiger charge is -1.98. The second-order valence-corrected chi connectivity index (χ2v) is 6.16. The van der Waals surface area contributed by atoms with Crippen LogP contribution >= 0.6 is 0 Å². The summed E-state index contributed by atoms with van der Waals surface area (Å²) in [6.45, 7) is 3.86. The average Bonchev–Trinajstić information content (AvgIpc) is 3.26. The molecule has 2 heterocycles. The number of carbonyl (C=O) groups excluding carboxylic acids is 1. The Balaban J connectivity index is 1.71. The number of nitrogens with zero attached hydrogens (tertiary/aromatic N) is 2. The topological polar surface area (TPSA) is 92.0 Å². The van der Waals surface area contributed by atoms with Crippen molar-refractivity contribution in [2.45, 2.75) is 26.2 Å². The molecular weight excluding hydrogens is 337 g/mol. The molecule has 0 saturated carbocycles. The third-order valence-electron chi connectivity index (χ3n) is 3.74.